The lowest BCUT2D eigenvalue weighted by Crippen LogP contribution is -2.50. The van der Waals surface area contributed by atoms with E-state index in [1.165, 1.54) is 12.2 Å². The summed E-state index contributed by atoms with van der Waals surface area (Å²) in [5, 5.41) is 5.04. The number of carbonyl (C=O) groups is 3. The van der Waals surface area contributed by atoms with Crippen molar-refractivity contribution in [1.82, 2.24) is 10.3 Å². The maximum atomic E-state index is 12.6. The molecular formula is C18H15N3O3. The second kappa shape index (κ2) is 6.87. The molecule has 1 aliphatic rings. The molecule has 1 heterocycles. The zero-order valence-electron chi connectivity index (χ0n) is 12.7. The number of rotatable bonds is 3. The maximum Gasteiger partial charge on any atom is 0.320 e. The molecule has 1 aromatic carbocycles. The smallest absolute Gasteiger partial charge is 0.320 e. The zero-order chi connectivity index (χ0) is 16.9. The van der Waals surface area contributed by atoms with Gasteiger partial charge in [-0.1, -0.05) is 30.3 Å². The van der Waals surface area contributed by atoms with Gasteiger partial charge in [0.1, 0.15) is 0 Å². The number of hydrogen-bond acceptors (Lipinski definition) is 4. The van der Waals surface area contributed by atoms with E-state index in [1.54, 1.807) is 48.8 Å². The van der Waals surface area contributed by atoms with E-state index in [-0.39, 0.29) is 5.78 Å². The Bertz CT molecular complexity index is 788. The van der Waals surface area contributed by atoms with Gasteiger partial charge in [0, 0.05) is 18.1 Å². The van der Waals surface area contributed by atoms with Gasteiger partial charge in [-0.2, -0.15) is 0 Å². The van der Waals surface area contributed by atoms with Gasteiger partial charge in [-0.25, -0.2) is 4.79 Å². The van der Waals surface area contributed by atoms with Crippen molar-refractivity contribution in [3.05, 3.63) is 72.6 Å². The summed E-state index contributed by atoms with van der Waals surface area (Å²) >= 11 is 0. The molecule has 2 atom stereocenters. The van der Waals surface area contributed by atoms with Crippen molar-refractivity contribution in [1.29, 1.82) is 0 Å². The lowest BCUT2D eigenvalue weighted by Gasteiger charge is -2.23. The molecule has 0 fully saturated rings. The number of ketones is 2. The van der Waals surface area contributed by atoms with E-state index in [0.717, 1.165) is 0 Å². The number of amides is 2. The third-order valence-electron chi connectivity index (χ3n) is 3.68. The number of anilines is 1. The summed E-state index contributed by atoms with van der Waals surface area (Å²) in [5.41, 5.74) is 1.26. The molecule has 0 radical (unpaired) electrons. The average Bonchev–Trinajstić information content (AvgIpc) is 2.60. The van der Waals surface area contributed by atoms with E-state index in [0.29, 0.717) is 11.3 Å². The van der Waals surface area contributed by atoms with Crippen molar-refractivity contribution in [2.45, 2.75) is 12.0 Å². The number of benzene rings is 1. The fourth-order valence-corrected chi connectivity index (χ4v) is 2.50. The molecule has 0 saturated heterocycles. The van der Waals surface area contributed by atoms with Crippen LogP contribution in [0.25, 0.3) is 0 Å². The molecule has 1 aliphatic carbocycles. The Kier molecular flexibility index (Phi) is 4.47. The van der Waals surface area contributed by atoms with Crippen LogP contribution in [0, 0.1) is 0 Å². The SMILES string of the molecule is O=C(Nc1ccccc1)NC1C(=O)C=CC(c2cccnc2)C1=O. The van der Waals surface area contributed by atoms with Gasteiger partial charge in [0.25, 0.3) is 0 Å². The standard InChI is InChI=1S/C18H15N3O3/c22-15-9-8-14(12-5-4-10-19-11-12)17(23)16(15)21-18(24)20-13-6-2-1-3-7-13/h1-11,14,16H,(H2,20,21,24). The Balaban J connectivity index is 1.73. The number of hydrogen-bond donors (Lipinski definition) is 2. The maximum absolute atomic E-state index is 12.6. The molecule has 24 heavy (non-hydrogen) atoms. The van der Waals surface area contributed by atoms with E-state index in [2.05, 4.69) is 15.6 Å². The Morgan fingerprint density at radius 3 is 2.54 bits per heavy atom. The van der Waals surface area contributed by atoms with Crippen LogP contribution in [-0.4, -0.2) is 28.6 Å². The lowest BCUT2D eigenvalue weighted by atomic mass is 9.85. The number of Topliss-reactive ketones (excluding diaryl/α,β-unsaturated/α-hetero) is 1. The first kappa shape index (κ1) is 15.6. The van der Waals surface area contributed by atoms with Gasteiger partial charge in [-0.05, 0) is 29.8 Å². The minimum Gasteiger partial charge on any atom is -0.321 e. The number of nitrogens with zero attached hydrogens (tertiary/aromatic N) is 1. The van der Waals surface area contributed by atoms with Crippen molar-refractivity contribution in [2.75, 3.05) is 5.32 Å². The predicted molar refractivity (Wildman–Crippen MR) is 88.5 cm³/mol. The van der Waals surface area contributed by atoms with Crippen molar-refractivity contribution in [2.24, 2.45) is 0 Å². The molecule has 0 spiro atoms. The Hall–Kier alpha value is -3.28. The van der Waals surface area contributed by atoms with Crippen LogP contribution in [-0.2, 0) is 9.59 Å². The minimum absolute atomic E-state index is 0.376. The lowest BCUT2D eigenvalue weighted by molar-refractivity contribution is -0.128. The number of carbonyl (C=O) groups excluding carboxylic acids is 3. The number of pyridine rings is 1. The number of nitrogens with one attached hydrogen (secondary N) is 2. The molecule has 2 unspecified atom stereocenters. The topological polar surface area (TPSA) is 88.2 Å². The van der Waals surface area contributed by atoms with Crippen molar-refractivity contribution < 1.29 is 14.4 Å². The van der Waals surface area contributed by atoms with Crippen LogP contribution in [0.15, 0.2) is 67.0 Å². The number of para-hydroxylation sites is 1. The summed E-state index contributed by atoms with van der Waals surface area (Å²) in [4.78, 5) is 40.6. The van der Waals surface area contributed by atoms with E-state index in [9.17, 15) is 14.4 Å². The highest BCUT2D eigenvalue weighted by Gasteiger charge is 2.35. The monoisotopic (exact) mass is 321 g/mol. The molecule has 0 aliphatic heterocycles. The zero-order valence-corrected chi connectivity index (χ0v) is 12.7. The van der Waals surface area contributed by atoms with Gasteiger partial charge in [-0.3, -0.25) is 14.6 Å². The molecule has 0 bridgehead atoms. The third kappa shape index (κ3) is 3.38. The van der Waals surface area contributed by atoms with Crippen LogP contribution in [0.1, 0.15) is 11.5 Å². The highest BCUT2D eigenvalue weighted by molar-refractivity contribution is 6.18. The Morgan fingerprint density at radius 1 is 1.04 bits per heavy atom. The first-order chi connectivity index (χ1) is 11.6. The highest BCUT2D eigenvalue weighted by Crippen LogP contribution is 2.23. The molecule has 6 heteroatoms. The van der Waals surface area contributed by atoms with Crippen molar-refractivity contribution in [3.8, 4) is 0 Å². The van der Waals surface area contributed by atoms with E-state index in [4.69, 9.17) is 0 Å². The van der Waals surface area contributed by atoms with Crippen molar-refractivity contribution in [3.63, 3.8) is 0 Å². The summed E-state index contributed by atoms with van der Waals surface area (Å²) in [5.74, 6) is -1.42. The molecule has 2 amide bonds. The van der Waals surface area contributed by atoms with E-state index < -0.39 is 23.8 Å². The normalized spacial score (nSPS) is 19.8. The third-order valence-corrected chi connectivity index (χ3v) is 3.68. The number of aromatic nitrogens is 1. The summed E-state index contributed by atoms with van der Waals surface area (Å²) in [6.45, 7) is 0. The molecular weight excluding hydrogens is 306 g/mol. The minimum atomic E-state index is -1.20. The second-order valence-electron chi connectivity index (χ2n) is 5.33. The van der Waals surface area contributed by atoms with Crippen molar-refractivity contribution >= 4 is 23.3 Å². The largest absolute Gasteiger partial charge is 0.321 e. The molecule has 0 saturated carbocycles. The Labute approximate surface area is 138 Å². The van der Waals surface area contributed by atoms with Crippen LogP contribution in [0.2, 0.25) is 0 Å². The van der Waals surface area contributed by atoms with Gasteiger partial charge in [0.15, 0.2) is 17.6 Å². The Morgan fingerprint density at radius 2 is 1.83 bits per heavy atom. The summed E-state index contributed by atoms with van der Waals surface area (Å²) in [6.07, 6.45) is 6.04. The van der Waals surface area contributed by atoms with Gasteiger partial charge in [-0.15, -0.1) is 0 Å². The molecule has 3 rings (SSSR count). The summed E-state index contributed by atoms with van der Waals surface area (Å²) in [6, 6.07) is 10.5. The number of urea groups is 1. The van der Waals surface area contributed by atoms with Gasteiger partial charge in [0.05, 0.1) is 5.92 Å². The fourth-order valence-electron chi connectivity index (χ4n) is 2.50. The van der Waals surface area contributed by atoms with Crippen LogP contribution in [0.3, 0.4) is 0 Å². The first-order valence-electron chi connectivity index (χ1n) is 7.43. The highest BCUT2D eigenvalue weighted by atomic mass is 16.2. The summed E-state index contributed by atoms with van der Waals surface area (Å²) < 4.78 is 0. The van der Waals surface area contributed by atoms with Crippen LogP contribution in [0.5, 0.6) is 0 Å². The predicted octanol–water partition coefficient (Wildman–Crippen LogP) is 2.06. The van der Waals surface area contributed by atoms with Crippen LogP contribution >= 0.6 is 0 Å². The van der Waals surface area contributed by atoms with Gasteiger partial charge >= 0.3 is 6.03 Å². The molecule has 120 valence electrons. The fraction of sp³-hybridized carbons (Fsp3) is 0.111. The quantitative estimate of drug-likeness (QED) is 0.847. The van der Waals surface area contributed by atoms with E-state index in [1.807, 2.05) is 6.07 Å². The van der Waals surface area contributed by atoms with Crippen LogP contribution in [0.4, 0.5) is 10.5 Å². The second-order valence-corrected chi connectivity index (χ2v) is 5.33. The molecule has 6 nitrogen and oxygen atoms in total. The average molecular weight is 321 g/mol. The molecule has 2 N–H and O–H groups in total. The van der Waals surface area contributed by atoms with E-state index >= 15 is 0 Å². The molecule has 1 aromatic heterocycles. The van der Waals surface area contributed by atoms with Gasteiger partial charge in [0.2, 0.25) is 0 Å². The van der Waals surface area contributed by atoms with Gasteiger partial charge < -0.3 is 10.6 Å². The molecule has 2 aromatic rings. The first-order valence-corrected chi connectivity index (χ1v) is 7.43. The summed E-state index contributed by atoms with van der Waals surface area (Å²) in [7, 11) is 0. The number of allylic oxidation sites excluding steroid dienone is 1. The van der Waals surface area contributed by atoms with Crippen LogP contribution < -0.4 is 10.6 Å².